The number of para-hydroxylation sites is 1. The molecule has 2 atom stereocenters. The van der Waals surface area contributed by atoms with E-state index in [0.29, 0.717) is 5.69 Å². The summed E-state index contributed by atoms with van der Waals surface area (Å²) in [4.78, 5) is 26.3. The highest BCUT2D eigenvalue weighted by Gasteiger charge is 2.26. The van der Waals surface area contributed by atoms with Crippen LogP contribution in [0.4, 0.5) is 10.5 Å². The molecule has 0 aliphatic rings. The third-order valence-corrected chi connectivity index (χ3v) is 4.11. The van der Waals surface area contributed by atoms with Gasteiger partial charge in [0.05, 0.1) is 19.1 Å². The van der Waals surface area contributed by atoms with Gasteiger partial charge < -0.3 is 15.0 Å². The zero-order valence-electron chi connectivity index (χ0n) is 14.8. The molecule has 0 aromatic heterocycles. The molecule has 0 radical (unpaired) electrons. The Labute approximate surface area is 148 Å². The maximum absolute atomic E-state index is 12.8. The molecule has 25 heavy (non-hydrogen) atoms. The minimum atomic E-state index is -0.419. The third-order valence-electron chi connectivity index (χ3n) is 4.11. The standard InChI is InChI=1S/C20H24N2O3/c1-15(19(23)25-3)14-22(16(2)17-10-6-4-7-11-17)20(24)21-18-12-8-5-9-13-18/h4-13,15-16H,14H2,1-3H3,(H,21,24). The number of hydrogen-bond acceptors (Lipinski definition) is 3. The van der Waals surface area contributed by atoms with Crippen LogP contribution in [0.2, 0.25) is 0 Å². The van der Waals surface area contributed by atoms with Crippen molar-refractivity contribution in [3.05, 3.63) is 66.2 Å². The first-order valence-electron chi connectivity index (χ1n) is 8.28. The number of carbonyl (C=O) groups is 2. The lowest BCUT2D eigenvalue weighted by atomic mass is 10.1. The van der Waals surface area contributed by atoms with E-state index in [9.17, 15) is 9.59 Å². The van der Waals surface area contributed by atoms with Crippen LogP contribution in [0.5, 0.6) is 0 Å². The summed E-state index contributed by atoms with van der Waals surface area (Å²) in [5, 5.41) is 2.89. The number of methoxy groups -OCH3 is 1. The van der Waals surface area contributed by atoms with Gasteiger partial charge in [0.1, 0.15) is 0 Å². The zero-order chi connectivity index (χ0) is 18.2. The van der Waals surface area contributed by atoms with Gasteiger partial charge in [0.25, 0.3) is 0 Å². The summed E-state index contributed by atoms with van der Waals surface area (Å²) >= 11 is 0. The smallest absolute Gasteiger partial charge is 0.322 e. The number of rotatable bonds is 6. The van der Waals surface area contributed by atoms with E-state index in [1.807, 2.05) is 67.6 Å². The third kappa shape index (κ3) is 5.08. The summed E-state index contributed by atoms with van der Waals surface area (Å²) in [6, 6.07) is 18.6. The molecule has 5 nitrogen and oxygen atoms in total. The molecule has 2 aromatic rings. The maximum atomic E-state index is 12.8. The van der Waals surface area contributed by atoms with Crippen molar-refractivity contribution >= 4 is 17.7 Å². The number of urea groups is 1. The highest BCUT2D eigenvalue weighted by molar-refractivity contribution is 5.90. The molecule has 0 saturated heterocycles. The van der Waals surface area contributed by atoms with Crippen molar-refractivity contribution in [3.63, 3.8) is 0 Å². The van der Waals surface area contributed by atoms with Gasteiger partial charge in [0.2, 0.25) is 0 Å². The van der Waals surface area contributed by atoms with Gasteiger partial charge in [-0.1, -0.05) is 55.5 Å². The molecule has 0 fully saturated rings. The number of esters is 1. The van der Waals surface area contributed by atoms with E-state index in [1.54, 1.807) is 11.8 Å². The van der Waals surface area contributed by atoms with Crippen molar-refractivity contribution in [1.29, 1.82) is 0 Å². The average Bonchev–Trinajstić information content (AvgIpc) is 2.66. The predicted molar refractivity (Wildman–Crippen MR) is 98.2 cm³/mol. The van der Waals surface area contributed by atoms with Gasteiger partial charge in [-0.25, -0.2) is 4.79 Å². The van der Waals surface area contributed by atoms with Crippen LogP contribution in [-0.4, -0.2) is 30.6 Å². The summed E-state index contributed by atoms with van der Waals surface area (Å²) in [6.07, 6.45) is 0. The lowest BCUT2D eigenvalue weighted by molar-refractivity contribution is -0.145. The van der Waals surface area contributed by atoms with Crippen molar-refractivity contribution in [3.8, 4) is 0 Å². The van der Waals surface area contributed by atoms with Crippen molar-refractivity contribution in [2.75, 3.05) is 19.0 Å². The van der Waals surface area contributed by atoms with Crippen LogP contribution in [0.25, 0.3) is 0 Å². The van der Waals surface area contributed by atoms with E-state index >= 15 is 0 Å². The molecule has 0 saturated carbocycles. The number of carbonyl (C=O) groups excluding carboxylic acids is 2. The number of ether oxygens (including phenoxy) is 1. The van der Waals surface area contributed by atoms with E-state index in [1.165, 1.54) is 7.11 Å². The molecule has 0 aliphatic heterocycles. The number of benzene rings is 2. The van der Waals surface area contributed by atoms with Gasteiger partial charge in [0.15, 0.2) is 0 Å². The summed E-state index contributed by atoms with van der Waals surface area (Å²) in [6.45, 7) is 3.97. The number of amides is 2. The Hall–Kier alpha value is -2.82. The minimum absolute atomic E-state index is 0.183. The Bertz CT molecular complexity index is 689. The van der Waals surface area contributed by atoms with Gasteiger partial charge in [-0.3, -0.25) is 4.79 Å². The fraction of sp³-hybridized carbons (Fsp3) is 0.300. The monoisotopic (exact) mass is 340 g/mol. The molecule has 132 valence electrons. The highest BCUT2D eigenvalue weighted by atomic mass is 16.5. The Morgan fingerprint density at radius 3 is 2.12 bits per heavy atom. The topological polar surface area (TPSA) is 58.6 Å². The van der Waals surface area contributed by atoms with Gasteiger partial charge in [-0.2, -0.15) is 0 Å². The Kier molecular flexibility index (Phi) is 6.57. The Morgan fingerprint density at radius 2 is 1.56 bits per heavy atom. The van der Waals surface area contributed by atoms with Crippen LogP contribution in [0.3, 0.4) is 0 Å². The average molecular weight is 340 g/mol. The van der Waals surface area contributed by atoms with Crippen LogP contribution < -0.4 is 5.32 Å². The van der Waals surface area contributed by atoms with Gasteiger partial charge in [-0.05, 0) is 24.6 Å². The number of nitrogens with one attached hydrogen (secondary N) is 1. The van der Waals surface area contributed by atoms with E-state index < -0.39 is 5.92 Å². The van der Waals surface area contributed by atoms with Crippen molar-refractivity contribution < 1.29 is 14.3 Å². The van der Waals surface area contributed by atoms with E-state index in [0.717, 1.165) is 5.56 Å². The largest absolute Gasteiger partial charge is 0.469 e. The second-order valence-electron chi connectivity index (χ2n) is 5.96. The quantitative estimate of drug-likeness (QED) is 0.806. The van der Waals surface area contributed by atoms with Crippen molar-refractivity contribution in [2.45, 2.75) is 19.9 Å². The first-order chi connectivity index (χ1) is 12.0. The van der Waals surface area contributed by atoms with Crippen LogP contribution in [0.15, 0.2) is 60.7 Å². The normalized spacial score (nSPS) is 12.8. The van der Waals surface area contributed by atoms with Crippen LogP contribution in [0.1, 0.15) is 25.5 Å². The molecular weight excluding hydrogens is 316 g/mol. The lowest BCUT2D eigenvalue weighted by Gasteiger charge is -2.31. The molecule has 2 aromatic carbocycles. The van der Waals surface area contributed by atoms with E-state index in [-0.39, 0.29) is 24.6 Å². The molecule has 2 unspecified atom stereocenters. The molecule has 0 bridgehead atoms. The SMILES string of the molecule is COC(=O)C(C)CN(C(=O)Nc1ccccc1)C(C)c1ccccc1. The van der Waals surface area contributed by atoms with Gasteiger partial charge >= 0.3 is 12.0 Å². The highest BCUT2D eigenvalue weighted by Crippen LogP contribution is 2.23. The molecular formula is C20H24N2O3. The Balaban J connectivity index is 2.21. The molecule has 1 N–H and O–H groups in total. The van der Waals surface area contributed by atoms with Crippen molar-refractivity contribution in [2.24, 2.45) is 5.92 Å². The van der Waals surface area contributed by atoms with E-state index in [4.69, 9.17) is 4.74 Å². The minimum Gasteiger partial charge on any atom is -0.469 e. The lowest BCUT2D eigenvalue weighted by Crippen LogP contribution is -2.41. The summed E-state index contributed by atoms with van der Waals surface area (Å²) < 4.78 is 4.80. The van der Waals surface area contributed by atoms with Crippen LogP contribution in [0, 0.1) is 5.92 Å². The number of hydrogen-bond donors (Lipinski definition) is 1. The van der Waals surface area contributed by atoms with Crippen molar-refractivity contribution in [1.82, 2.24) is 4.90 Å². The summed E-state index contributed by atoms with van der Waals surface area (Å²) in [7, 11) is 1.35. The van der Waals surface area contributed by atoms with Gasteiger partial charge in [-0.15, -0.1) is 0 Å². The van der Waals surface area contributed by atoms with Gasteiger partial charge in [0, 0.05) is 12.2 Å². The zero-order valence-corrected chi connectivity index (χ0v) is 14.8. The molecule has 0 heterocycles. The second kappa shape index (κ2) is 8.87. The first-order valence-corrected chi connectivity index (χ1v) is 8.28. The number of nitrogens with zero attached hydrogens (tertiary/aromatic N) is 1. The molecule has 0 aliphatic carbocycles. The first kappa shape index (κ1) is 18.5. The maximum Gasteiger partial charge on any atom is 0.322 e. The molecule has 5 heteroatoms. The summed E-state index contributed by atoms with van der Waals surface area (Å²) in [5.41, 5.74) is 1.71. The molecule has 2 rings (SSSR count). The van der Waals surface area contributed by atoms with Crippen LogP contribution >= 0.6 is 0 Å². The fourth-order valence-corrected chi connectivity index (χ4v) is 2.62. The second-order valence-corrected chi connectivity index (χ2v) is 5.96. The molecule has 0 spiro atoms. The van der Waals surface area contributed by atoms with E-state index in [2.05, 4.69) is 5.32 Å². The fourth-order valence-electron chi connectivity index (χ4n) is 2.62. The Morgan fingerprint density at radius 1 is 1.00 bits per heavy atom. The number of anilines is 1. The molecule has 2 amide bonds. The predicted octanol–water partition coefficient (Wildman–Crippen LogP) is 4.09. The summed E-state index contributed by atoms with van der Waals surface area (Å²) in [5.74, 6) is -0.754. The van der Waals surface area contributed by atoms with Crippen LogP contribution in [-0.2, 0) is 9.53 Å².